The molecule has 0 aliphatic carbocycles. The number of hydrogen-bond donors (Lipinski definition) is 1. The molecule has 0 bridgehead atoms. The van der Waals surface area contributed by atoms with Crippen LogP contribution in [0.25, 0.3) is 0 Å². The zero-order chi connectivity index (χ0) is 10.6. The highest BCUT2D eigenvalue weighted by atomic mass is 32.2. The summed E-state index contributed by atoms with van der Waals surface area (Å²) in [4.78, 5) is 0.313. The summed E-state index contributed by atoms with van der Waals surface area (Å²) in [6.07, 6.45) is 0. The lowest BCUT2D eigenvalue weighted by Gasteiger charge is -2.03. The maximum Gasteiger partial charge on any atom is 0.136 e. The molecule has 76 valence electrons. The molecule has 0 aliphatic heterocycles. The van der Waals surface area contributed by atoms with Gasteiger partial charge in [0, 0.05) is 16.4 Å². The average Bonchev–Trinajstić information content (AvgIpc) is 2.19. The molecule has 1 aromatic rings. The van der Waals surface area contributed by atoms with Crippen molar-refractivity contribution in [1.82, 2.24) is 0 Å². The minimum Gasteiger partial charge on any atom is -0.207 e. The predicted octanol–water partition coefficient (Wildman–Crippen LogP) is 3.54. The summed E-state index contributed by atoms with van der Waals surface area (Å²) < 4.78 is 25.8. The lowest BCUT2D eigenvalue weighted by molar-refractivity contribution is 0.577. The van der Waals surface area contributed by atoms with E-state index in [4.69, 9.17) is 0 Å². The van der Waals surface area contributed by atoms with E-state index in [2.05, 4.69) is 19.2 Å². The van der Waals surface area contributed by atoms with Crippen molar-refractivity contribution in [2.45, 2.75) is 4.90 Å². The molecule has 0 saturated heterocycles. The summed E-state index contributed by atoms with van der Waals surface area (Å²) in [6.45, 7) is 3.73. The standard InChI is InChI=1S/C10H10F2S2/c1-7(5-13)6-14-10-4-8(11)2-3-9(10)12/h2-4,13H,1,5-6H2. The molecule has 0 heterocycles. The van der Waals surface area contributed by atoms with Crippen LogP contribution in [0, 0.1) is 11.6 Å². The van der Waals surface area contributed by atoms with Gasteiger partial charge in [0.15, 0.2) is 0 Å². The van der Waals surface area contributed by atoms with Crippen molar-refractivity contribution in [3.05, 3.63) is 42.0 Å². The van der Waals surface area contributed by atoms with Gasteiger partial charge in [-0.2, -0.15) is 12.6 Å². The van der Waals surface area contributed by atoms with E-state index in [0.717, 1.165) is 17.7 Å². The second-order valence-corrected chi connectivity index (χ2v) is 4.10. The monoisotopic (exact) mass is 232 g/mol. The highest BCUT2D eigenvalue weighted by Gasteiger charge is 2.04. The molecule has 0 fully saturated rings. The molecule has 0 N–H and O–H groups in total. The van der Waals surface area contributed by atoms with Crippen LogP contribution in [0.5, 0.6) is 0 Å². The fourth-order valence-corrected chi connectivity index (χ4v) is 1.94. The zero-order valence-corrected chi connectivity index (χ0v) is 9.18. The summed E-state index contributed by atoms with van der Waals surface area (Å²) in [5, 5.41) is 0. The number of hydrogen-bond acceptors (Lipinski definition) is 2. The Morgan fingerprint density at radius 2 is 2.14 bits per heavy atom. The quantitative estimate of drug-likeness (QED) is 0.470. The minimum atomic E-state index is -0.426. The molecule has 4 heteroatoms. The molecule has 1 rings (SSSR count). The lowest BCUT2D eigenvalue weighted by Crippen LogP contribution is -1.89. The van der Waals surface area contributed by atoms with Gasteiger partial charge in [0.25, 0.3) is 0 Å². The number of rotatable bonds is 4. The first kappa shape index (κ1) is 11.6. The van der Waals surface area contributed by atoms with Crippen LogP contribution in [-0.2, 0) is 0 Å². The Bertz CT molecular complexity index is 337. The molecule has 0 radical (unpaired) electrons. The van der Waals surface area contributed by atoms with Gasteiger partial charge in [-0.3, -0.25) is 0 Å². The Morgan fingerprint density at radius 1 is 1.43 bits per heavy atom. The molecule has 0 saturated carbocycles. The van der Waals surface area contributed by atoms with Gasteiger partial charge in [-0.15, -0.1) is 11.8 Å². The van der Waals surface area contributed by atoms with Crippen LogP contribution in [-0.4, -0.2) is 11.5 Å². The fraction of sp³-hybridized carbons (Fsp3) is 0.200. The third kappa shape index (κ3) is 3.35. The number of halogens is 2. The Kier molecular flexibility index (Phi) is 4.48. The molecular weight excluding hydrogens is 222 g/mol. The van der Waals surface area contributed by atoms with Gasteiger partial charge in [0.2, 0.25) is 0 Å². The van der Waals surface area contributed by atoms with Crippen molar-refractivity contribution >= 4 is 24.4 Å². The van der Waals surface area contributed by atoms with Gasteiger partial charge in [-0.05, 0) is 18.2 Å². The fourth-order valence-electron chi connectivity index (χ4n) is 0.813. The van der Waals surface area contributed by atoms with Gasteiger partial charge in [-0.1, -0.05) is 12.2 Å². The van der Waals surface area contributed by atoms with Crippen molar-refractivity contribution in [3.8, 4) is 0 Å². The van der Waals surface area contributed by atoms with Crippen LogP contribution < -0.4 is 0 Å². The van der Waals surface area contributed by atoms with Crippen molar-refractivity contribution in [1.29, 1.82) is 0 Å². The Morgan fingerprint density at radius 3 is 2.79 bits per heavy atom. The van der Waals surface area contributed by atoms with Crippen LogP contribution >= 0.6 is 24.4 Å². The SMILES string of the molecule is C=C(CS)CSc1cc(F)ccc1F. The van der Waals surface area contributed by atoms with Gasteiger partial charge in [-0.25, -0.2) is 8.78 Å². The maximum atomic E-state index is 13.1. The Balaban J connectivity index is 2.66. The van der Waals surface area contributed by atoms with E-state index in [1.165, 1.54) is 17.8 Å². The molecule has 0 aromatic heterocycles. The van der Waals surface area contributed by atoms with Crippen LogP contribution in [0.1, 0.15) is 0 Å². The average molecular weight is 232 g/mol. The smallest absolute Gasteiger partial charge is 0.136 e. The lowest BCUT2D eigenvalue weighted by atomic mass is 10.3. The summed E-state index contributed by atoms with van der Waals surface area (Å²) in [7, 11) is 0. The third-order valence-electron chi connectivity index (χ3n) is 1.55. The molecule has 0 unspecified atom stereocenters. The van der Waals surface area contributed by atoms with Crippen molar-refractivity contribution in [2.24, 2.45) is 0 Å². The van der Waals surface area contributed by atoms with E-state index < -0.39 is 11.6 Å². The normalized spacial score (nSPS) is 10.2. The van der Waals surface area contributed by atoms with E-state index in [1.807, 2.05) is 0 Å². The van der Waals surface area contributed by atoms with E-state index in [0.29, 0.717) is 16.4 Å². The minimum absolute atomic E-state index is 0.313. The van der Waals surface area contributed by atoms with E-state index in [-0.39, 0.29) is 0 Å². The van der Waals surface area contributed by atoms with Crippen LogP contribution in [0.3, 0.4) is 0 Å². The van der Waals surface area contributed by atoms with Crippen molar-refractivity contribution in [2.75, 3.05) is 11.5 Å². The molecular formula is C10H10F2S2. The van der Waals surface area contributed by atoms with E-state index >= 15 is 0 Å². The summed E-state index contributed by atoms with van der Waals surface area (Å²) in [6, 6.07) is 3.42. The molecule has 0 atom stereocenters. The summed E-state index contributed by atoms with van der Waals surface area (Å²) in [5.41, 5.74) is 0.891. The third-order valence-corrected chi connectivity index (χ3v) is 3.17. The Labute approximate surface area is 91.8 Å². The summed E-state index contributed by atoms with van der Waals surface area (Å²) >= 11 is 5.26. The van der Waals surface area contributed by atoms with Crippen LogP contribution in [0.4, 0.5) is 8.78 Å². The van der Waals surface area contributed by atoms with Crippen LogP contribution in [0.2, 0.25) is 0 Å². The molecule has 0 spiro atoms. The molecule has 14 heavy (non-hydrogen) atoms. The molecule has 0 aliphatic rings. The second kappa shape index (κ2) is 5.41. The number of benzene rings is 1. The van der Waals surface area contributed by atoms with Crippen molar-refractivity contribution < 1.29 is 8.78 Å². The second-order valence-electron chi connectivity index (χ2n) is 2.77. The van der Waals surface area contributed by atoms with Crippen molar-refractivity contribution in [3.63, 3.8) is 0 Å². The molecule has 1 aromatic carbocycles. The largest absolute Gasteiger partial charge is 0.207 e. The van der Waals surface area contributed by atoms with E-state index in [1.54, 1.807) is 0 Å². The first-order chi connectivity index (χ1) is 6.63. The highest BCUT2D eigenvalue weighted by Crippen LogP contribution is 2.24. The van der Waals surface area contributed by atoms with E-state index in [9.17, 15) is 8.78 Å². The topological polar surface area (TPSA) is 0 Å². The molecule has 0 amide bonds. The predicted molar refractivity (Wildman–Crippen MR) is 60.1 cm³/mol. The number of thioether (sulfide) groups is 1. The van der Waals surface area contributed by atoms with Gasteiger partial charge in [0.05, 0.1) is 0 Å². The van der Waals surface area contributed by atoms with Crippen LogP contribution in [0.15, 0.2) is 35.2 Å². The first-order valence-electron chi connectivity index (χ1n) is 3.99. The first-order valence-corrected chi connectivity index (χ1v) is 5.60. The van der Waals surface area contributed by atoms with Gasteiger partial charge < -0.3 is 0 Å². The Hall–Kier alpha value is -0.480. The van der Waals surface area contributed by atoms with Gasteiger partial charge in [0.1, 0.15) is 11.6 Å². The van der Waals surface area contributed by atoms with Gasteiger partial charge >= 0.3 is 0 Å². The maximum absolute atomic E-state index is 13.1. The molecule has 0 nitrogen and oxygen atoms in total. The summed E-state index contributed by atoms with van der Waals surface area (Å²) in [5.74, 6) is 0.294. The zero-order valence-electron chi connectivity index (χ0n) is 7.46. The number of thiol groups is 1. The highest BCUT2D eigenvalue weighted by molar-refractivity contribution is 7.99.